The SMILES string of the molecule is CC1(C(=O)C2C3CCCC32)CCCS1. The van der Waals surface area contributed by atoms with Gasteiger partial charge in [-0.1, -0.05) is 6.42 Å². The number of carbonyl (C=O) groups excluding carboxylic acids is 1. The number of hydrogen-bond acceptors (Lipinski definition) is 2. The Bertz CT molecular complexity index is 257. The van der Waals surface area contributed by atoms with Crippen molar-refractivity contribution in [2.45, 2.75) is 43.8 Å². The van der Waals surface area contributed by atoms with Crippen molar-refractivity contribution in [3.63, 3.8) is 0 Å². The van der Waals surface area contributed by atoms with E-state index >= 15 is 0 Å². The fraction of sp³-hybridized carbons (Fsp3) is 0.917. The molecule has 0 spiro atoms. The zero-order valence-corrected chi connectivity index (χ0v) is 9.61. The second-order valence-corrected chi connectivity index (χ2v) is 6.93. The van der Waals surface area contributed by atoms with Crippen LogP contribution in [-0.2, 0) is 4.79 Å². The predicted octanol–water partition coefficient (Wildman–Crippen LogP) is 2.89. The van der Waals surface area contributed by atoms with Crippen molar-refractivity contribution < 1.29 is 4.79 Å². The third-order valence-electron chi connectivity index (χ3n) is 4.45. The van der Waals surface area contributed by atoms with Crippen molar-refractivity contribution in [3.8, 4) is 0 Å². The molecule has 3 rings (SSSR count). The van der Waals surface area contributed by atoms with Gasteiger partial charge in [-0.3, -0.25) is 4.79 Å². The largest absolute Gasteiger partial charge is 0.298 e. The maximum Gasteiger partial charge on any atom is 0.152 e. The molecule has 3 atom stereocenters. The van der Waals surface area contributed by atoms with E-state index in [2.05, 4.69) is 6.92 Å². The van der Waals surface area contributed by atoms with E-state index in [1.165, 1.54) is 31.4 Å². The fourth-order valence-electron chi connectivity index (χ4n) is 3.54. The Labute approximate surface area is 90.0 Å². The molecule has 1 saturated heterocycles. The van der Waals surface area contributed by atoms with Crippen LogP contribution in [0, 0.1) is 17.8 Å². The molecule has 2 aliphatic carbocycles. The summed E-state index contributed by atoms with van der Waals surface area (Å²) in [7, 11) is 0. The molecule has 0 aromatic carbocycles. The van der Waals surface area contributed by atoms with Crippen molar-refractivity contribution in [2.24, 2.45) is 17.8 Å². The summed E-state index contributed by atoms with van der Waals surface area (Å²) in [6, 6.07) is 0. The lowest BCUT2D eigenvalue weighted by Crippen LogP contribution is -2.31. The van der Waals surface area contributed by atoms with Gasteiger partial charge in [0.2, 0.25) is 0 Å². The molecule has 1 nitrogen and oxygen atoms in total. The molecule has 3 unspecified atom stereocenters. The highest BCUT2D eigenvalue weighted by molar-refractivity contribution is 8.01. The summed E-state index contributed by atoms with van der Waals surface area (Å²) in [6.45, 7) is 2.18. The average molecular weight is 210 g/mol. The molecule has 0 amide bonds. The number of rotatable bonds is 2. The van der Waals surface area contributed by atoms with E-state index in [9.17, 15) is 4.79 Å². The maximum absolute atomic E-state index is 12.3. The second kappa shape index (κ2) is 3.01. The summed E-state index contributed by atoms with van der Waals surface area (Å²) in [6.07, 6.45) is 6.42. The quantitative estimate of drug-likeness (QED) is 0.697. The first-order valence-electron chi connectivity index (χ1n) is 5.91. The molecule has 0 aromatic heterocycles. The monoisotopic (exact) mass is 210 g/mol. The summed E-state index contributed by atoms with van der Waals surface area (Å²) in [5, 5.41) is 0. The standard InChI is InChI=1S/C12H18OS/c1-12(6-3-7-14-12)11(13)10-8-4-2-5-9(8)10/h8-10H,2-7H2,1H3. The molecule has 2 heteroatoms. The molecule has 78 valence electrons. The van der Waals surface area contributed by atoms with Gasteiger partial charge in [0, 0.05) is 5.92 Å². The maximum atomic E-state index is 12.3. The van der Waals surface area contributed by atoms with E-state index in [-0.39, 0.29) is 4.75 Å². The summed E-state index contributed by atoms with van der Waals surface area (Å²) in [4.78, 5) is 12.3. The highest BCUT2D eigenvalue weighted by Gasteiger charge is 2.59. The van der Waals surface area contributed by atoms with E-state index in [1.54, 1.807) is 0 Å². The Kier molecular flexibility index (Phi) is 1.99. The van der Waals surface area contributed by atoms with Gasteiger partial charge in [-0.15, -0.1) is 11.8 Å². The first-order chi connectivity index (χ1) is 6.72. The number of fused-ring (bicyclic) bond motifs is 1. The van der Waals surface area contributed by atoms with Gasteiger partial charge in [-0.05, 0) is 50.2 Å². The molecular weight excluding hydrogens is 192 g/mol. The Morgan fingerprint density at radius 2 is 2.00 bits per heavy atom. The van der Waals surface area contributed by atoms with Crippen LogP contribution < -0.4 is 0 Å². The number of thioether (sulfide) groups is 1. The predicted molar refractivity (Wildman–Crippen MR) is 59.4 cm³/mol. The van der Waals surface area contributed by atoms with Crippen LogP contribution in [0.2, 0.25) is 0 Å². The second-order valence-electron chi connectivity index (χ2n) is 5.33. The van der Waals surface area contributed by atoms with Crippen LogP contribution in [0.3, 0.4) is 0 Å². The van der Waals surface area contributed by atoms with Crippen molar-refractivity contribution in [1.82, 2.24) is 0 Å². The zero-order chi connectivity index (χ0) is 9.76. The normalized spacial score (nSPS) is 50.5. The summed E-state index contributed by atoms with van der Waals surface area (Å²) >= 11 is 1.91. The number of Topliss-reactive ketones (excluding diaryl/α,β-unsaturated/α-hetero) is 1. The van der Waals surface area contributed by atoms with Gasteiger partial charge in [0.15, 0.2) is 5.78 Å². The van der Waals surface area contributed by atoms with E-state index in [0.29, 0.717) is 11.7 Å². The summed E-state index contributed by atoms with van der Waals surface area (Å²) < 4.78 is 0.00894. The van der Waals surface area contributed by atoms with E-state index in [1.807, 2.05) is 11.8 Å². The van der Waals surface area contributed by atoms with Crippen molar-refractivity contribution in [3.05, 3.63) is 0 Å². The minimum atomic E-state index is 0.00894. The molecule has 3 fully saturated rings. The molecule has 0 N–H and O–H groups in total. The minimum Gasteiger partial charge on any atom is -0.298 e. The molecule has 0 radical (unpaired) electrons. The molecule has 0 aromatic rings. The Morgan fingerprint density at radius 1 is 1.29 bits per heavy atom. The van der Waals surface area contributed by atoms with Crippen LogP contribution in [0.5, 0.6) is 0 Å². The van der Waals surface area contributed by atoms with Gasteiger partial charge >= 0.3 is 0 Å². The molecular formula is C12H18OS. The van der Waals surface area contributed by atoms with Crippen LogP contribution >= 0.6 is 11.8 Å². The lowest BCUT2D eigenvalue weighted by molar-refractivity contribution is -0.123. The molecule has 14 heavy (non-hydrogen) atoms. The van der Waals surface area contributed by atoms with Gasteiger partial charge in [-0.2, -0.15) is 0 Å². The van der Waals surface area contributed by atoms with E-state index in [0.717, 1.165) is 18.3 Å². The smallest absolute Gasteiger partial charge is 0.152 e. The molecule has 1 heterocycles. The van der Waals surface area contributed by atoms with Crippen LogP contribution in [-0.4, -0.2) is 16.3 Å². The van der Waals surface area contributed by atoms with Crippen molar-refractivity contribution in [2.75, 3.05) is 5.75 Å². The van der Waals surface area contributed by atoms with E-state index < -0.39 is 0 Å². The lowest BCUT2D eigenvalue weighted by Gasteiger charge is -2.21. The zero-order valence-electron chi connectivity index (χ0n) is 8.79. The third-order valence-corrected chi connectivity index (χ3v) is 5.98. The van der Waals surface area contributed by atoms with Crippen LogP contribution in [0.15, 0.2) is 0 Å². The van der Waals surface area contributed by atoms with E-state index in [4.69, 9.17) is 0 Å². The van der Waals surface area contributed by atoms with Crippen molar-refractivity contribution >= 4 is 17.5 Å². The van der Waals surface area contributed by atoms with Crippen LogP contribution in [0.1, 0.15) is 39.0 Å². The van der Waals surface area contributed by atoms with Crippen molar-refractivity contribution in [1.29, 1.82) is 0 Å². The molecule has 1 aliphatic heterocycles. The third kappa shape index (κ3) is 1.19. The van der Waals surface area contributed by atoms with Gasteiger partial charge < -0.3 is 0 Å². The topological polar surface area (TPSA) is 17.1 Å². The van der Waals surface area contributed by atoms with Gasteiger partial charge in [0.05, 0.1) is 4.75 Å². The number of carbonyl (C=O) groups is 1. The Balaban J connectivity index is 1.71. The van der Waals surface area contributed by atoms with Gasteiger partial charge in [0.25, 0.3) is 0 Å². The molecule has 2 saturated carbocycles. The fourth-order valence-corrected chi connectivity index (χ4v) is 4.84. The Morgan fingerprint density at radius 3 is 2.57 bits per heavy atom. The highest BCUT2D eigenvalue weighted by atomic mass is 32.2. The van der Waals surface area contributed by atoms with Gasteiger partial charge in [-0.25, -0.2) is 0 Å². The first kappa shape index (κ1) is 9.26. The number of hydrogen-bond donors (Lipinski definition) is 0. The van der Waals surface area contributed by atoms with Gasteiger partial charge in [0.1, 0.15) is 0 Å². The Hall–Kier alpha value is 0.0200. The van der Waals surface area contributed by atoms with Crippen LogP contribution in [0.25, 0.3) is 0 Å². The lowest BCUT2D eigenvalue weighted by atomic mass is 9.93. The van der Waals surface area contributed by atoms with Crippen LogP contribution in [0.4, 0.5) is 0 Å². The average Bonchev–Trinajstić information content (AvgIpc) is 2.60. The summed E-state index contributed by atoms with van der Waals surface area (Å²) in [5.41, 5.74) is 0. The molecule has 0 bridgehead atoms. The molecule has 3 aliphatic rings. The number of ketones is 1. The summed E-state index contributed by atoms with van der Waals surface area (Å²) in [5.74, 6) is 3.90. The first-order valence-corrected chi connectivity index (χ1v) is 6.89. The highest BCUT2D eigenvalue weighted by Crippen LogP contribution is 2.60. The minimum absolute atomic E-state index is 0.00894.